The molecule has 0 radical (unpaired) electrons. The van der Waals surface area contributed by atoms with Crippen molar-refractivity contribution in [3.63, 3.8) is 0 Å². The van der Waals surface area contributed by atoms with Crippen LogP contribution in [-0.2, 0) is 0 Å². The molecule has 0 bridgehead atoms. The minimum absolute atomic E-state index is 0.102. The van der Waals surface area contributed by atoms with Gasteiger partial charge in [0.25, 0.3) is 0 Å². The van der Waals surface area contributed by atoms with Gasteiger partial charge >= 0.3 is 0 Å². The lowest BCUT2D eigenvalue weighted by atomic mass is 9.90. The average molecular weight is 390 g/mol. The molecule has 0 N–H and O–H groups in total. The molecule has 6 rings (SSSR count). The molecule has 0 atom stereocenters. The van der Waals surface area contributed by atoms with E-state index in [1.165, 1.54) is 0 Å². The number of furan rings is 2. The number of carbonyl (C=O) groups is 1. The predicted octanol–water partition coefficient (Wildman–Crippen LogP) is 7.75. The Hall–Kier alpha value is -3.85. The first-order chi connectivity index (χ1) is 14.8. The van der Waals surface area contributed by atoms with Gasteiger partial charge in [0, 0.05) is 44.7 Å². The molecule has 0 saturated carbocycles. The van der Waals surface area contributed by atoms with Gasteiger partial charge in [0.2, 0.25) is 0 Å². The zero-order chi connectivity index (χ0) is 20.2. The predicted molar refractivity (Wildman–Crippen MR) is 121 cm³/mol. The van der Waals surface area contributed by atoms with E-state index in [0.29, 0.717) is 12.0 Å². The van der Waals surface area contributed by atoms with Gasteiger partial charge in [0.1, 0.15) is 22.3 Å². The summed E-state index contributed by atoms with van der Waals surface area (Å²) in [6, 6.07) is 25.9. The van der Waals surface area contributed by atoms with Crippen LogP contribution in [0.25, 0.3) is 55.0 Å². The van der Waals surface area contributed by atoms with E-state index in [1.807, 2.05) is 73.7 Å². The fourth-order valence-corrected chi connectivity index (χ4v) is 4.46. The van der Waals surface area contributed by atoms with Crippen LogP contribution in [0.3, 0.4) is 0 Å². The van der Waals surface area contributed by atoms with Crippen molar-refractivity contribution in [2.45, 2.75) is 13.3 Å². The molecule has 0 unspecified atom stereocenters. The number of rotatable bonds is 3. The number of fused-ring (bicyclic) bond motifs is 6. The normalized spacial score (nSPS) is 11.8. The lowest BCUT2D eigenvalue weighted by Crippen LogP contribution is -2.00. The molecule has 0 saturated heterocycles. The summed E-state index contributed by atoms with van der Waals surface area (Å²) in [6.45, 7) is 1.89. The summed E-state index contributed by atoms with van der Waals surface area (Å²) < 4.78 is 12.4. The standard InChI is InChI=1S/C27H18O3/c1-2-21(28)18-14-15-24-26(19-9-4-6-13-23(19)29-24)25(18)20-11-7-10-17-16-8-3-5-12-22(16)30-27(17)20/h3-15H,2H2,1H3. The Bertz CT molecular complexity index is 1600. The Morgan fingerprint density at radius 2 is 1.40 bits per heavy atom. The minimum atomic E-state index is 0.102. The molecular formula is C27H18O3. The highest BCUT2D eigenvalue weighted by atomic mass is 16.3. The molecule has 0 fully saturated rings. The smallest absolute Gasteiger partial charge is 0.163 e. The fraction of sp³-hybridized carbons (Fsp3) is 0.0741. The molecule has 0 aliphatic rings. The minimum Gasteiger partial charge on any atom is -0.456 e. The maximum absolute atomic E-state index is 13.0. The molecule has 144 valence electrons. The highest BCUT2D eigenvalue weighted by Gasteiger charge is 2.22. The lowest BCUT2D eigenvalue weighted by molar-refractivity contribution is 0.0989. The van der Waals surface area contributed by atoms with Crippen molar-refractivity contribution in [3.8, 4) is 11.1 Å². The van der Waals surface area contributed by atoms with Crippen LogP contribution in [0.4, 0.5) is 0 Å². The molecule has 0 aliphatic heterocycles. The summed E-state index contributed by atoms with van der Waals surface area (Å²) in [5, 5.41) is 4.07. The number of Topliss-reactive ketones (excluding diaryl/α,β-unsaturated/α-hetero) is 1. The van der Waals surface area contributed by atoms with Crippen molar-refractivity contribution in [2.24, 2.45) is 0 Å². The summed E-state index contributed by atoms with van der Waals surface area (Å²) in [6.07, 6.45) is 0.435. The number of ketones is 1. The van der Waals surface area contributed by atoms with E-state index in [-0.39, 0.29) is 5.78 Å². The number of para-hydroxylation sites is 3. The van der Waals surface area contributed by atoms with Gasteiger partial charge in [-0.15, -0.1) is 0 Å². The lowest BCUT2D eigenvalue weighted by Gasteiger charge is -2.11. The Morgan fingerprint density at radius 1 is 0.700 bits per heavy atom. The van der Waals surface area contributed by atoms with Gasteiger partial charge in [-0.3, -0.25) is 4.79 Å². The molecule has 3 heteroatoms. The van der Waals surface area contributed by atoms with Gasteiger partial charge in [-0.05, 0) is 24.3 Å². The largest absolute Gasteiger partial charge is 0.456 e. The molecular weight excluding hydrogens is 372 g/mol. The molecule has 2 heterocycles. The van der Waals surface area contributed by atoms with E-state index in [4.69, 9.17) is 8.83 Å². The third-order valence-corrected chi connectivity index (χ3v) is 5.84. The quantitative estimate of drug-likeness (QED) is 0.290. The van der Waals surface area contributed by atoms with Crippen molar-refractivity contribution in [2.75, 3.05) is 0 Å². The van der Waals surface area contributed by atoms with Crippen molar-refractivity contribution in [1.82, 2.24) is 0 Å². The van der Waals surface area contributed by atoms with Crippen molar-refractivity contribution >= 4 is 49.7 Å². The summed E-state index contributed by atoms with van der Waals surface area (Å²) in [7, 11) is 0. The average Bonchev–Trinajstić information content (AvgIpc) is 3.36. The van der Waals surface area contributed by atoms with E-state index >= 15 is 0 Å². The number of hydrogen-bond acceptors (Lipinski definition) is 3. The van der Waals surface area contributed by atoms with Crippen molar-refractivity contribution < 1.29 is 13.6 Å². The maximum Gasteiger partial charge on any atom is 0.163 e. The van der Waals surface area contributed by atoms with E-state index in [1.54, 1.807) is 0 Å². The summed E-state index contributed by atoms with van der Waals surface area (Å²) in [5.41, 5.74) is 5.71. The van der Waals surface area contributed by atoms with E-state index in [9.17, 15) is 4.79 Å². The van der Waals surface area contributed by atoms with Crippen molar-refractivity contribution in [3.05, 3.63) is 84.4 Å². The molecule has 30 heavy (non-hydrogen) atoms. The van der Waals surface area contributed by atoms with Gasteiger partial charge in [-0.2, -0.15) is 0 Å². The SMILES string of the molecule is CCC(=O)c1ccc2oc3ccccc3c2c1-c1cccc2c1oc1ccccc12. The number of benzene rings is 4. The molecule has 6 aromatic rings. The van der Waals surface area contributed by atoms with Crippen LogP contribution < -0.4 is 0 Å². The molecule has 0 aliphatic carbocycles. The monoisotopic (exact) mass is 390 g/mol. The molecule has 0 amide bonds. The van der Waals surface area contributed by atoms with Crippen LogP contribution in [0, 0.1) is 0 Å². The highest BCUT2D eigenvalue weighted by Crippen LogP contribution is 2.43. The van der Waals surface area contributed by atoms with Gasteiger partial charge in [0.15, 0.2) is 5.78 Å². The van der Waals surface area contributed by atoms with Gasteiger partial charge < -0.3 is 8.83 Å². The van der Waals surface area contributed by atoms with Crippen LogP contribution >= 0.6 is 0 Å². The van der Waals surface area contributed by atoms with E-state index in [0.717, 1.165) is 55.0 Å². The van der Waals surface area contributed by atoms with Gasteiger partial charge in [-0.25, -0.2) is 0 Å². The zero-order valence-corrected chi connectivity index (χ0v) is 16.4. The first-order valence-electron chi connectivity index (χ1n) is 10.1. The molecule has 0 spiro atoms. The topological polar surface area (TPSA) is 43.4 Å². The van der Waals surface area contributed by atoms with Gasteiger partial charge in [-0.1, -0.05) is 61.5 Å². The Labute approximate surface area is 172 Å². The first kappa shape index (κ1) is 17.0. The Balaban J connectivity index is 1.83. The molecule has 3 nitrogen and oxygen atoms in total. The Kier molecular flexibility index (Phi) is 3.59. The van der Waals surface area contributed by atoms with Crippen LogP contribution in [0.2, 0.25) is 0 Å². The maximum atomic E-state index is 13.0. The summed E-state index contributed by atoms with van der Waals surface area (Å²) in [4.78, 5) is 13.0. The second-order valence-electron chi connectivity index (χ2n) is 7.52. The second-order valence-corrected chi connectivity index (χ2v) is 7.52. The number of carbonyl (C=O) groups excluding carboxylic acids is 1. The summed E-state index contributed by atoms with van der Waals surface area (Å²) in [5.74, 6) is 0.102. The zero-order valence-electron chi connectivity index (χ0n) is 16.4. The fourth-order valence-electron chi connectivity index (χ4n) is 4.46. The third kappa shape index (κ3) is 2.29. The third-order valence-electron chi connectivity index (χ3n) is 5.84. The van der Waals surface area contributed by atoms with E-state index in [2.05, 4.69) is 12.1 Å². The van der Waals surface area contributed by atoms with Crippen LogP contribution in [0.1, 0.15) is 23.7 Å². The van der Waals surface area contributed by atoms with Crippen LogP contribution in [-0.4, -0.2) is 5.78 Å². The van der Waals surface area contributed by atoms with Gasteiger partial charge in [0.05, 0.1) is 0 Å². The van der Waals surface area contributed by atoms with Crippen molar-refractivity contribution in [1.29, 1.82) is 0 Å². The molecule has 2 aromatic heterocycles. The second kappa shape index (κ2) is 6.33. The molecule has 4 aromatic carbocycles. The first-order valence-corrected chi connectivity index (χ1v) is 10.1. The Morgan fingerprint density at radius 3 is 2.20 bits per heavy atom. The van der Waals surface area contributed by atoms with E-state index < -0.39 is 0 Å². The number of hydrogen-bond donors (Lipinski definition) is 0. The van der Waals surface area contributed by atoms with Crippen LogP contribution in [0.15, 0.2) is 87.7 Å². The summed E-state index contributed by atoms with van der Waals surface area (Å²) >= 11 is 0. The highest BCUT2D eigenvalue weighted by molar-refractivity contribution is 6.21. The van der Waals surface area contributed by atoms with Crippen LogP contribution in [0.5, 0.6) is 0 Å².